The Kier molecular flexibility index (Phi) is 7.13. The van der Waals surface area contributed by atoms with E-state index in [-0.39, 0.29) is 11.2 Å². The molecule has 146 valence electrons. The first kappa shape index (κ1) is 20.4. The lowest BCUT2D eigenvalue weighted by atomic mass is 10.3. The summed E-state index contributed by atoms with van der Waals surface area (Å²) < 4.78 is 6.30. The first-order valence-electron chi connectivity index (χ1n) is 8.61. The van der Waals surface area contributed by atoms with Gasteiger partial charge >= 0.3 is 0 Å². The predicted octanol–water partition coefficient (Wildman–Crippen LogP) is 5.45. The molecule has 2 N–H and O–H groups in total. The first-order valence-corrected chi connectivity index (χ1v) is 10.7. The van der Waals surface area contributed by atoms with Gasteiger partial charge in [0, 0.05) is 0 Å². The highest BCUT2D eigenvalue weighted by atomic mass is 35.5. The molecule has 1 aromatic heterocycles. The molecule has 6 nitrogen and oxygen atoms in total. The lowest BCUT2D eigenvalue weighted by Gasteiger charge is -2.11. The average molecular weight is 435 g/mol. The summed E-state index contributed by atoms with van der Waals surface area (Å²) >= 11 is 8.81. The van der Waals surface area contributed by atoms with Gasteiger partial charge in [-0.05, 0) is 38.1 Å². The zero-order valence-electron chi connectivity index (χ0n) is 15.3. The monoisotopic (exact) mass is 434 g/mol. The number of aromatic nitrogens is 2. The molecule has 0 bridgehead atoms. The molecule has 9 heteroatoms. The molecule has 1 heterocycles. The van der Waals surface area contributed by atoms with E-state index in [0.717, 1.165) is 11.4 Å². The average Bonchev–Trinajstić information content (AvgIpc) is 3.12. The van der Waals surface area contributed by atoms with E-state index in [0.29, 0.717) is 26.8 Å². The fourth-order valence-electron chi connectivity index (χ4n) is 2.28. The van der Waals surface area contributed by atoms with Crippen LogP contribution in [0.5, 0.6) is 5.75 Å². The zero-order chi connectivity index (χ0) is 19.9. The zero-order valence-corrected chi connectivity index (χ0v) is 17.7. The number of nitrogens with zero attached hydrogens (tertiary/aromatic N) is 2. The largest absolute Gasteiger partial charge is 0.492 e. The molecule has 0 aliphatic carbocycles. The van der Waals surface area contributed by atoms with Gasteiger partial charge in [0.15, 0.2) is 4.34 Å². The Morgan fingerprint density at radius 1 is 1.18 bits per heavy atom. The van der Waals surface area contributed by atoms with Gasteiger partial charge in [-0.2, -0.15) is 0 Å². The van der Waals surface area contributed by atoms with Crippen molar-refractivity contribution in [1.29, 1.82) is 0 Å². The Morgan fingerprint density at radius 2 is 1.89 bits per heavy atom. The molecule has 3 aromatic rings. The Labute approximate surface area is 176 Å². The SMILES string of the molecule is CCOc1ccccc1Nc1nnc(SC(C)C(=O)Nc2ccccc2Cl)s1. The quantitative estimate of drug-likeness (QED) is 0.459. The third kappa shape index (κ3) is 5.37. The number of nitrogens with one attached hydrogen (secondary N) is 2. The van der Waals surface area contributed by atoms with Crippen LogP contribution in [0.4, 0.5) is 16.5 Å². The van der Waals surface area contributed by atoms with Crippen LogP contribution in [0.3, 0.4) is 0 Å². The minimum atomic E-state index is -0.354. The molecule has 2 aromatic carbocycles. The Bertz CT molecular complexity index is 951. The summed E-state index contributed by atoms with van der Waals surface area (Å²) in [4.78, 5) is 12.4. The highest BCUT2D eigenvalue weighted by molar-refractivity contribution is 8.02. The number of halogens is 1. The molecule has 0 aliphatic heterocycles. The number of carbonyl (C=O) groups is 1. The molecule has 28 heavy (non-hydrogen) atoms. The molecule has 1 atom stereocenters. The van der Waals surface area contributed by atoms with Crippen LogP contribution in [0, 0.1) is 0 Å². The number of thioether (sulfide) groups is 1. The van der Waals surface area contributed by atoms with E-state index in [1.807, 2.05) is 50.2 Å². The van der Waals surface area contributed by atoms with Crippen LogP contribution in [-0.2, 0) is 4.79 Å². The van der Waals surface area contributed by atoms with E-state index in [1.165, 1.54) is 23.1 Å². The van der Waals surface area contributed by atoms with Crippen LogP contribution in [-0.4, -0.2) is 28.0 Å². The number of hydrogen-bond acceptors (Lipinski definition) is 7. The Hall–Kier alpha value is -2.29. The van der Waals surface area contributed by atoms with Gasteiger partial charge in [0.05, 0.1) is 28.3 Å². The maximum Gasteiger partial charge on any atom is 0.237 e. The second-order valence-corrected chi connectivity index (χ2v) is 8.63. The third-order valence-electron chi connectivity index (χ3n) is 3.61. The van der Waals surface area contributed by atoms with Crippen LogP contribution in [0.2, 0.25) is 5.02 Å². The van der Waals surface area contributed by atoms with E-state index in [9.17, 15) is 4.79 Å². The summed E-state index contributed by atoms with van der Waals surface area (Å²) in [6.45, 7) is 4.33. The lowest BCUT2D eigenvalue weighted by molar-refractivity contribution is -0.115. The maximum atomic E-state index is 12.4. The van der Waals surface area contributed by atoms with Crippen molar-refractivity contribution in [2.75, 3.05) is 17.2 Å². The van der Waals surface area contributed by atoms with Crippen LogP contribution < -0.4 is 15.4 Å². The van der Waals surface area contributed by atoms with Crippen molar-refractivity contribution < 1.29 is 9.53 Å². The van der Waals surface area contributed by atoms with E-state index < -0.39 is 0 Å². The second-order valence-electron chi connectivity index (χ2n) is 5.66. The van der Waals surface area contributed by atoms with Gasteiger partial charge in [-0.1, -0.05) is 59.0 Å². The Balaban J connectivity index is 1.61. The number of para-hydroxylation sites is 3. The van der Waals surface area contributed by atoms with Crippen molar-refractivity contribution in [3.63, 3.8) is 0 Å². The van der Waals surface area contributed by atoms with Gasteiger partial charge < -0.3 is 15.4 Å². The number of anilines is 3. The molecule has 0 fully saturated rings. The molecule has 0 spiro atoms. The summed E-state index contributed by atoms with van der Waals surface area (Å²) in [5.74, 6) is 0.603. The number of carbonyl (C=O) groups excluding carboxylic acids is 1. The second kappa shape index (κ2) is 9.77. The van der Waals surface area contributed by atoms with Gasteiger partial charge in [0.1, 0.15) is 5.75 Å². The molecule has 1 unspecified atom stereocenters. The fourth-order valence-corrected chi connectivity index (χ4v) is 4.37. The number of benzene rings is 2. The molecule has 0 radical (unpaired) electrons. The third-order valence-corrected chi connectivity index (χ3v) is 5.97. The topological polar surface area (TPSA) is 76.1 Å². The highest BCUT2D eigenvalue weighted by Crippen LogP contribution is 2.33. The minimum Gasteiger partial charge on any atom is -0.492 e. The molecule has 3 rings (SSSR count). The summed E-state index contributed by atoms with van der Waals surface area (Å²) in [6, 6.07) is 14.8. The van der Waals surface area contributed by atoms with E-state index in [1.54, 1.807) is 12.1 Å². The molecule has 0 saturated carbocycles. The molecule has 0 saturated heterocycles. The normalized spacial score (nSPS) is 11.7. The van der Waals surface area contributed by atoms with E-state index >= 15 is 0 Å². The van der Waals surface area contributed by atoms with Crippen LogP contribution in [0.15, 0.2) is 52.9 Å². The Morgan fingerprint density at radius 3 is 2.64 bits per heavy atom. The van der Waals surface area contributed by atoms with Gasteiger partial charge in [-0.3, -0.25) is 4.79 Å². The molecule has 1 amide bonds. The standard InChI is InChI=1S/C19H19ClN4O2S2/c1-3-26-16-11-7-6-10-15(16)22-18-23-24-19(28-18)27-12(2)17(25)21-14-9-5-4-8-13(14)20/h4-12H,3H2,1-2H3,(H,21,25)(H,22,23). The van der Waals surface area contributed by atoms with E-state index in [4.69, 9.17) is 16.3 Å². The van der Waals surface area contributed by atoms with Crippen molar-refractivity contribution in [2.24, 2.45) is 0 Å². The first-order chi connectivity index (χ1) is 13.6. The van der Waals surface area contributed by atoms with Crippen molar-refractivity contribution >= 4 is 57.1 Å². The van der Waals surface area contributed by atoms with Gasteiger partial charge in [-0.25, -0.2) is 0 Å². The smallest absolute Gasteiger partial charge is 0.237 e. The van der Waals surface area contributed by atoms with Crippen molar-refractivity contribution in [2.45, 2.75) is 23.4 Å². The number of ether oxygens (including phenoxy) is 1. The van der Waals surface area contributed by atoms with Crippen LogP contribution in [0.1, 0.15) is 13.8 Å². The number of rotatable bonds is 8. The van der Waals surface area contributed by atoms with Crippen molar-refractivity contribution in [3.8, 4) is 5.75 Å². The lowest BCUT2D eigenvalue weighted by Crippen LogP contribution is -2.22. The fraction of sp³-hybridized carbons (Fsp3) is 0.211. The van der Waals surface area contributed by atoms with Crippen LogP contribution in [0.25, 0.3) is 0 Å². The maximum absolute atomic E-state index is 12.4. The summed E-state index contributed by atoms with van der Waals surface area (Å²) in [6.07, 6.45) is 0. The van der Waals surface area contributed by atoms with Gasteiger partial charge in [0.25, 0.3) is 0 Å². The molecular weight excluding hydrogens is 416 g/mol. The van der Waals surface area contributed by atoms with Crippen molar-refractivity contribution in [3.05, 3.63) is 53.6 Å². The number of amides is 1. The van der Waals surface area contributed by atoms with Crippen LogP contribution >= 0.6 is 34.7 Å². The summed E-state index contributed by atoms with van der Waals surface area (Å²) in [7, 11) is 0. The van der Waals surface area contributed by atoms with Crippen molar-refractivity contribution in [1.82, 2.24) is 10.2 Å². The predicted molar refractivity (Wildman–Crippen MR) is 116 cm³/mol. The summed E-state index contributed by atoms with van der Waals surface area (Å²) in [5.41, 5.74) is 1.41. The van der Waals surface area contributed by atoms with E-state index in [2.05, 4.69) is 20.8 Å². The number of hydrogen-bond donors (Lipinski definition) is 2. The summed E-state index contributed by atoms with van der Waals surface area (Å²) in [5, 5.41) is 15.1. The van der Waals surface area contributed by atoms with Gasteiger partial charge in [0.2, 0.25) is 11.0 Å². The van der Waals surface area contributed by atoms with Gasteiger partial charge in [-0.15, -0.1) is 10.2 Å². The highest BCUT2D eigenvalue weighted by Gasteiger charge is 2.18. The molecule has 0 aliphatic rings. The molecular formula is C19H19ClN4O2S2. The minimum absolute atomic E-state index is 0.149.